The van der Waals surface area contributed by atoms with Crippen molar-refractivity contribution in [3.8, 4) is 0 Å². The highest BCUT2D eigenvalue weighted by Gasteiger charge is 2.18. The molecule has 3 nitrogen and oxygen atoms in total. The lowest BCUT2D eigenvalue weighted by Crippen LogP contribution is -2.10. The number of carbonyl (C=O) groups is 1. The molecule has 0 atom stereocenters. The number of esters is 1. The first-order chi connectivity index (χ1) is 7.95. The van der Waals surface area contributed by atoms with Gasteiger partial charge in [0.2, 0.25) is 0 Å². The van der Waals surface area contributed by atoms with E-state index < -0.39 is 12.4 Å². The van der Waals surface area contributed by atoms with E-state index in [0.29, 0.717) is 4.47 Å². The molecule has 0 aromatic carbocycles. The van der Waals surface area contributed by atoms with Crippen molar-refractivity contribution < 1.29 is 18.3 Å². The Balaban J connectivity index is 2.95. The first kappa shape index (κ1) is 14.3. The molecule has 0 aliphatic rings. The van der Waals surface area contributed by atoms with Gasteiger partial charge < -0.3 is 4.74 Å². The van der Waals surface area contributed by atoms with Gasteiger partial charge in [0.25, 0.3) is 6.43 Å². The van der Waals surface area contributed by atoms with E-state index >= 15 is 0 Å². The molecular weight excluding hydrogens is 319 g/mol. The first-order valence-electron chi connectivity index (χ1n) is 4.74. The van der Waals surface area contributed by atoms with Crippen LogP contribution in [0.5, 0.6) is 0 Å². The third-order valence-corrected chi connectivity index (χ3v) is 2.87. The lowest BCUT2D eigenvalue weighted by Gasteiger charge is -2.08. The second-order valence-electron chi connectivity index (χ2n) is 3.08. The molecule has 0 aliphatic heterocycles. The fraction of sp³-hybridized carbons (Fsp3) is 0.400. The largest absolute Gasteiger partial charge is 0.466 e. The van der Waals surface area contributed by atoms with Crippen molar-refractivity contribution in [3.63, 3.8) is 0 Å². The summed E-state index contributed by atoms with van der Waals surface area (Å²) in [6.07, 6.45) is -2.82. The Labute approximate surface area is 110 Å². The van der Waals surface area contributed by atoms with Gasteiger partial charge in [0.15, 0.2) is 0 Å². The van der Waals surface area contributed by atoms with Gasteiger partial charge in [0.1, 0.15) is 5.15 Å². The highest BCUT2D eigenvalue weighted by molar-refractivity contribution is 9.10. The minimum absolute atomic E-state index is 0.113. The number of rotatable bonds is 4. The molecule has 1 rings (SSSR count). The number of pyridine rings is 1. The maximum atomic E-state index is 12.5. The van der Waals surface area contributed by atoms with Gasteiger partial charge in [-0.25, -0.2) is 13.8 Å². The molecule has 7 heteroatoms. The molecule has 0 saturated heterocycles. The second kappa shape index (κ2) is 6.26. The molecule has 0 unspecified atom stereocenters. The van der Waals surface area contributed by atoms with Crippen molar-refractivity contribution in [1.82, 2.24) is 4.98 Å². The van der Waals surface area contributed by atoms with Crippen LogP contribution >= 0.6 is 27.5 Å². The molecule has 1 heterocycles. The molecular formula is C10H9BrClF2NO2. The number of hydrogen-bond donors (Lipinski definition) is 0. The molecule has 0 N–H and O–H groups in total. The summed E-state index contributed by atoms with van der Waals surface area (Å²) in [4.78, 5) is 15.0. The quantitative estimate of drug-likeness (QED) is 0.627. The van der Waals surface area contributed by atoms with E-state index in [1.807, 2.05) is 0 Å². The highest BCUT2D eigenvalue weighted by Crippen LogP contribution is 2.30. The number of halogens is 4. The first-order valence-corrected chi connectivity index (χ1v) is 5.91. The van der Waals surface area contributed by atoms with Crippen LogP contribution in [0.25, 0.3) is 0 Å². The summed E-state index contributed by atoms with van der Waals surface area (Å²) in [6.45, 7) is 1.92. The molecule has 94 valence electrons. The Hall–Kier alpha value is -0.750. The Kier molecular flexibility index (Phi) is 5.27. The van der Waals surface area contributed by atoms with Crippen LogP contribution < -0.4 is 0 Å². The zero-order chi connectivity index (χ0) is 13.0. The Morgan fingerprint density at radius 1 is 1.65 bits per heavy atom. The predicted molar refractivity (Wildman–Crippen MR) is 62.2 cm³/mol. The summed E-state index contributed by atoms with van der Waals surface area (Å²) in [6, 6.07) is 1.16. The van der Waals surface area contributed by atoms with Crippen molar-refractivity contribution in [1.29, 1.82) is 0 Å². The fourth-order valence-corrected chi connectivity index (χ4v) is 1.86. The fourth-order valence-electron chi connectivity index (χ4n) is 1.14. The number of ether oxygens (including phenoxy) is 1. The van der Waals surface area contributed by atoms with Crippen molar-refractivity contribution in [2.24, 2.45) is 0 Å². The third-order valence-electron chi connectivity index (χ3n) is 1.88. The van der Waals surface area contributed by atoms with Gasteiger partial charge in [0.05, 0.1) is 24.3 Å². The number of hydrogen-bond acceptors (Lipinski definition) is 3. The standard InChI is InChI=1S/C10H9BrClF2NO2/c1-2-17-8(16)4-7-6(11)3-5(10(13)14)9(12)15-7/h3,10H,2,4H2,1H3. The van der Waals surface area contributed by atoms with Crippen LogP contribution in [0.2, 0.25) is 5.15 Å². The molecule has 0 radical (unpaired) electrons. The van der Waals surface area contributed by atoms with Crippen LogP contribution in [0.3, 0.4) is 0 Å². The molecule has 0 saturated carbocycles. The van der Waals surface area contributed by atoms with Gasteiger partial charge in [-0.15, -0.1) is 0 Å². The van der Waals surface area contributed by atoms with E-state index in [2.05, 4.69) is 20.9 Å². The van der Waals surface area contributed by atoms with E-state index in [-0.39, 0.29) is 29.4 Å². The van der Waals surface area contributed by atoms with Gasteiger partial charge in [-0.1, -0.05) is 11.6 Å². The van der Waals surface area contributed by atoms with Crippen LogP contribution in [0.15, 0.2) is 10.5 Å². The minimum Gasteiger partial charge on any atom is -0.466 e. The van der Waals surface area contributed by atoms with E-state index in [1.165, 1.54) is 0 Å². The SMILES string of the molecule is CCOC(=O)Cc1nc(Cl)c(C(F)F)cc1Br. The van der Waals surface area contributed by atoms with Crippen LogP contribution in [0.1, 0.15) is 24.6 Å². The molecule has 0 amide bonds. The topological polar surface area (TPSA) is 39.2 Å². The van der Waals surface area contributed by atoms with Gasteiger partial charge in [-0.05, 0) is 28.9 Å². The van der Waals surface area contributed by atoms with Crippen molar-refractivity contribution in [2.75, 3.05) is 6.61 Å². The van der Waals surface area contributed by atoms with Crippen LogP contribution in [-0.2, 0) is 16.0 Å². The van der Waals surface area contributed by atoms with E-state index in [1.54, 1.807) is 6.92 Å². The summed E-state index contributed by atoms with van der Waals surface area (Å²) >= 11 is 8.66. The highest BCUT2D eigenvalue weighted by atomic mass is 79.9. The smallest absolute Gasteiger partial charge is 0.311 e. The lowest BCUT2D eigenvalue weighted by atomic mass is 10.2. The van der Waals surface area contributed by atoms with Crippen LogP contribution in [-0.4, -0.2) is 17.6 Å². The average Bonchev–Trinajstić information content (AvgIpc) is 2.22. The number of carbonyl (C=O) groups excluding carboxylic acids is 1. The monoisotopic (exact) mass is 327 g/mol. The maximum absolute atomic E-state index is 12.5. The molecule has 17 heavy (non-hydrogen) atoms. The van der Waals surface area contributed by atoms with Crippen LogP contribution in [0.4, 0.5) is 8.78 Å². The van der Waals surface area contributed by atoms with Crippen LogP contribution in [0, 0.1) is 0 Å². The number of aromatic nitrogens is 1. The predicted octanol–water partition coefficient (Wildman–Crippen LogP) is 3.54. The van der Waals surface area contributed by atoms with Crippen molar-refractivity contribution >= 4 is 33.5 Å². The maximum Gasteiger partial charge on any atom is 0.311 e. The Bertz CT molecular complexity index is 429. The van der Waals surface area contributed by atoms with Gasteiger partial charge in [-0.3, -0.25) is 4.79 Å². The Morgan fingerprint density at radius 2 is 2.29 bits per heavy atom. The molecule has 0 fully saturated rings. The molecule has 0 bridgehead atoms. The number of alkyl halides is 2. The normalized spacial score (nSPS) is 10.7. The zero-order valence-electron chi connectivity index (χ0n) is 8.84. The molecule has 0 aliphatic carbocycles. The Morgan fingerprint density at radius 3 is 2.82 bits per heavy atom. The zero-order valence-corrected chi connectivity index (χ0v) is 11.2. The summed E-state index contributed by atoms with van der Waals surface area (Å²) in [5.41, 5.74) is -0.0935. The van der Waals surface area contributed by atoms with Crippen molar-refractivity contribution in [2.45, 2.75) is 19.8 Å². The summed E-state index contributed by atoms with van der Waals surface area (Å²) in [7, 11) is 0. The van der Waals surface area contributed by atoms with Gasteiger partial charge >= 0.3 is 5.97 Å². The molecule has 1 aromatic rings. The van der Waals surface area contributed by atoms with E-state index in [0.717, 1.165) is 6.07 Å². The third kappa shape index (κ3) is 3.89. The van der Waals surface area contributed by atoms with E-state index in [9.17, 15) is 13.6 Å². The molecule has 1 aromatic heterocycles. The second-order valence-corrected chi connectivity index (χ2v) is 4.29. The average molecular weight is 329 g/mol. The van der Waals surface area contributed by atoms with E-state index in [4.69, 9.17) is 16.3 Å². The van der Waals surface area contributed by atoms with Gasteiger partial charge in [0, 0.05) is 4.47 Å². The lowest BCUT2D eigenvalue weighted by molar-refractivity contribution is -0.142. The summed E-state index contributed by atoms with van der Waals surface area (Å²) in [5.74, 6) is -0.485. The van der Waals surface area contributed by atoms with Gasteiger partial charge in [-0.2, -0.15) is 0 Å². The number of nitrogens with zero attached hydrogens (tertiary/aromatic N) is 1. The summed E-state index contributed by atoms with van der Waals surface area (Å²) < 4.78 is 30.0. The summed E-state index contributed by atoms with van der Waals surface area (Å²) in [5, 5.41) is -0.303. The molecule has 0 spiro atoms. The van der Waals surface area contributed by atoms with Crippen molar-refractivity contribution in [3.05, 3.63) is 26.9 Å². The minimum atomic E-state index is -2.71.